The number of furan rings is 1. The Kier molecular flexibility index (Phi) is 4.96. The maximum Gasteiger partial charge on any atom is 0.244 e. The van der Waals surface area contributed by atoms with E-state index in [1.807, 2.05) is 13.8 Å². The van der Waals surface area contributed by atoms with Crippen LogP contribution >= 0.6 is 15.9 Å². The van der Waals surface area contributed by atoms with Gasteiger partial charge in [-0.3, -0.25) is 4.79 Å². The monoisotopic (exact) mass is 301 g/mol. The minimum atomic E-state index is -0.308. The van der Waals surface area contributed by atoms with Crippen molar-refractivity contribution in [3.05, 3.63) is 28.6 Å². The number of hydrogen-bond acceptors (Lipinski definition) is 3. The Morgan fingerprint density at radius 1 is 1.59 bits per heavy atom. The van der Waals surface area contributed by atoms with Gasteiger partial charge in [0.15, 0.2) is 4.67 Å². The van der Waals surface area contributed by atoms with Crippen molar-refractivity contribution in [2.45, 2.75) is 13.8 Å². The summed E-state index contributed by atoms with van der Waals surface area (Å²) in [6.07, 6.45) is 2.99. The van der Waals surface area contributed by atoms with Crippen LogP contribution in [0.1, 0.15) is 19.6 Å². The third-order valence-corrected chi connectivity index (χ3v) is 2.59. The molecular weight excluding hydrogens is 286 g/mol. The molecule has 1 aromatic rings. The summed E-state index contributed by atoms with van der Waals surface area (Å²) in [5.74, 6) is 0.396. The standard InChI is InChI=1S/C12H16BrNO3/c1-12(2,8-15)7-14-11(16)6-4-9-3-5-10(13)17-9/h3-6,15H,7-8H2,1-2H3,(H,14,16)/b6-4+. The highest BCUT2D eigenvalue weighted by Gasteiger charge is 2.16. The number of hydrogen-bond donors (Lipinski definition) is 2. The Hall–Kier alpha value is -1.07. The Morgan fingerprint density at radius 3 is 2.82 bits per heavy atom. The van der Waals surface area contributed by atoms with E-state index in [1.165, 1.54) is 6.08 Å². The molecule has 94 valence electrons. The Morgan fingerprint density at radius 2 is 2.29 bits per heavy atom. The molecule has 17 heavy (non-hydrogen) atoms. The molecule has 0 atom stereocenters. The SMILES string of the molecule is CC(C)(CO)CNC(=O)/C=C/c1ccc(Br)o1. The minimum Gasteiger partial charge on any atom is -0.450 e. The molecule has 0 saturated carbocycles. The summed E-state index contributed by atoms with van der Waals surface area (Å²) in [5, 5.41) is 11.7. The van der Waals surface area contributed by atoms with Gasteiger partial charge in [0, 0.05) is 24.6 Å². The van der Waals surface area contributed by atoms with Gasteiger partial charge >= 0.3 is 0 Å². The smallest absolute Gasteiger partial charge is 0.244 e. The fourth-order valence-electron chi connectivity index (χ4n) is 1.02. The molecule has 1 aromatic heterocycles. The van der Waals surface area contributed by atoms with Gasteiger partial charge in [-0.05, 0) is 34.1 Å². The molecule has 0 aliphatic rings. The fourth-order valence-corrected chi connectivity index (χ4v) is 1.34. The van der Waals surface area contributed by atoms with Crippen LogP contribution in [0.3, 0.4) is 0 Å². The maximum atomic E-state index is 11.5. The lowest BCUT2D eigenvalue weighted by atomic mass is 9.95. The molecule has 0 bridgehead atoms. The summed E-state index contributed by atoms with van der Waals surface area (Å²) in [5.41, 5.74) is -0.308. The molecule has 0 unspecified atom stereocenters. The Bertz CT molecular complexity index is 410. The molecule has 1 heterocycles. The van der Waals surface area contributed by atoms with Gasteiger partial charge in [-0.25, -0.2) is 0 Å². The van der Waals surface area contributed by atoms with Crippen LogP contribution in [0.2, 0.25) is 0 Å². The highest BCUT2D eigenvalue weighted by Crippen LogP contribution is 2.15. The van der Waals surface area contributed by atoms with Crippen molar-refractivity contribution in [2.75, 3.05) is 13.2 Å². The zero-order valence-corrected chi connectivity index (χ0v) is 11.5. The fraction of sp³-hybridized carbons (Fsp3) is 0.417. The molecule has 2 N–H and O–H groups in total. The summed E-state index contributed by atoms with van der Waals surface area (Å²) in [6, 6.07) is 3.51. The van der Waals surface area contributed by atoms with Gasteiger partial charge in [0.2, 0.25) is 5.91 Å². The lowest BCUT2D eigenvalue weighted by molar-refractivity contribution is -0.117. The van der Waals surface area contributed by atoms with Crippen molar-refractivity contribution in [3.8, 4) is 0 Å². The third-order valence-electron chi connectivity index (χ3n) is 2.16. The first-order valence-electron chi connectivity index (χ1n) is 5.25. The summed E-state index contributed by atoms with van der Waals surface area (Å²) in [4.78, 5) is 11.5. The molecule has 1 rings (SSSR count). The van der Waals surface area contributed by atoms with Crippen molar-refractivity contribution in [3.63, 3.8) is 0 Å². The highest BCUT2D eigenvalue weighted by molar-refractivity contribution is 9.10. The van der Waals surface area contributed by atoms with E-state index in [-0.39, 0.29) is 17.9 Å². The quantitative estimate of drug-likeness (QED) is 0.820. The average molecular weight is 302 g/mol. The van der Waals surface area contributed by atoms with Crippen molar-refractivity contribution in [1.29, 1.82) is 0 Å². The van der Waals surface area contributed by atoms with Gasteiger partial charge in [-0.15, -0.1) is 0 Å². The molecule has 0 fully saturated rings. The van der Waals surface area contributed by atoms with E-state index >= 15 is 0 Å². The zero-order chi connectivity index (χ0) is 12.9. The summed E-state index contributed by atoms with van der Waals surface area (Å²) < 4.78 is 5.83. The first-order valence-corrected chi connectivity index (χ1v) is 6.04. The molecule has 1 amide bonds. The lowest BCUT2D eigenvalue weighted by Gasteiger charge is -2.21. The molecule has 5 heteroatoms. The number of rotatable bonds is 5. The zero-order valence-electron chi connectivity index (χ0n) is 9.87. The maximum absolute atomic E-state index is 11.5. The number of amides is 1. The summed E-state index contributed by atoms with van der Waals surface area (Å²) in [7, 11) is 0. The average Bonchev–Trinajstić information content (AvgIpc) is 2.70. The number of aliphatic hydroxyl groups is 1. The Balaban J connectivity index is 2.42. The number of aliphatic hydroxyl groups excluding tert-OH is 1. The van der Waals surface area contributed by atoms with Gasteiger partial charge in [0.25, 0.3) is 0 Å². The number of carbonyl (C=O) groups is 1. The lowest BCUT2D eigenvalue weighted by Crippen LogP contribution is -2.35. The van der Waals surface area contributed by atoms with Crippen molar-refractivity contribution in [1.82, 2.24) is 5.32 Å². The van der Waals surface area contributed by atoms with Gasteiger partial charge in [0.1, 0.15) is 5.76 Å². The molecule has 0 aliphatic heterocycles. The highest BCUT2D eigenvalue weighted by atomic mass is 79.9. The van der Waals surface area contributed by atoms with Crippen LogP contribution in [0.15, 0.2) is 27.3 Å². The van der Waals surface area contributed by atoms with Crippen LogP contribution in [0.4, 0.5) is 0 Å². The Labute approximate surface area is 109 Å². The van der Waals surface area contributed by atoms with Gasteiger partial charge in [0.05, 0.1) is 0 Å². The van der Waals surface area contributed by atoms with E-state index in [9.17, 15) is 4.79 Å². The van der Waals surface area contributed by atoms with E-state index in [0.29, 0.717) is 17.0 Å². The molecule has 4 nitrogen and oxygen atoms in total. The van der Waals surface area contributed by atoms with Gasteiger partial charge in [-0.2, -0.15) is 0 Å². The summed E-state index contributed by atoms with van der Waals surface area (Å²) >= 11 is 3.18. The van der Waals surface area contributed by atoms with Crippen LogP contribution < -0.4 is 5.32 Å². The number of nitrogens with one attached hydrogen (secondary N) is 1. The molecule has 0 radical (unpaired) electrons. The number of halogens is 1. The summed E-state index contributed by atoms with van der Waals surface area (Å²) in [6.45, 7) is 4.21. The second-order valence-corrected chi connectivity index (χ2v) is 5.30. The van der Waals surface area contributed by atoms with E-state index < -0.39 is 0 Å². The van der Waals surface area contributed by atoms with Crippen molar-refractivity contribution in [2.24, 2.45) is 5.41 Å². The molecule has 0 spiro atoms. The van der Waals surface area contributed by atoms with Crippen LogP contribution in [0.5, 0.6) is 0 Å². The van der Waals surface area contributed by atoms with Crippen LogP contribution in [-0.4, -0.2) is 24.2 Å². The molecular formula is C12H16BrNO3. The molecule has 0 aromatic carbocycles. The first kappa shape index (κ1) is 14.0. The van der Waals surface area contributed by atoms with Crippen molar-refractivity contribution >= 4 is 27.9 Å². The second-order valence-electron chi connectivity index (χ2n) is 4.52. The van der Waals surface area contributed by atoms with Crippen molar-refractivity contribution < 1.29 is 14.3 Å². The first-order chi connectivity index (χ1) is 7.93. The van der Waals surface area contributed by atoms with E-state index in [1.54, 1.807) is 18.2 Å². The molecule has 0 saturated heterocycles. The van der Waals surface area contributed by atoms with E-state index in [4.69, 9.17) is 9.52 Å². The van der Waals surface area contributed by atoms with Crippen LogP contribution in [-0.2, 0) is 4.79 Å². The predicted molar refractivity (Wildman–Crippen MR) is 69.3 cm³/mol. The molecule has 0 aliphatic carbocycles. The normalized spacial score (nSPS) is 12.0. The second kappa shape index (κ2) is 6.02. The largest absolute Gasteiger partial charge is 0.450 e. The third kappa shape index (κ3) is 5.19. The topological polar surface area (TPSA) is 62.5 Å². The van der Waals surface area contributed by atoms with E-state index in [0.717, 1.165) is 0 Å². The predicted octanol–water partition coefficient (Wildman–Crippen LogP) is 2.19. The number of carbonyl (C=O) groups excluding carboxylic acids is 1. The van der Waals surface area contributed by atoms with Crippen LogP contribution in [0.25, 0.3) is 6.08 Å². The minimum absolute atomic E-state index is 0.0299. The van der Waals surface area contributed by atoms with Gasteiger partial charge in [-0.1, -0.05) is 13.8 Å². The van der Waals surface area contributed by atoms with E-state index in [2.05, 4.69) is 21.2 Å². The van der Waals surface area contributed by atoms with Crippen LogP contribution in [0, 0.1) is 5.41 Å². The van der Waals surface area contributed by atoms with Gasteiger partial charge < -0.3 is 14.8 Å².